The van der Waals surface area contributed by atoms with Gasteiger partial charge in [0.2, 0.25) is 0 Å². The van der Waals surface area contributed by atoms with Gasteiger partial charge in [0.05, 0.1) is 6.10 Å². The van der Waals surface area contributed by atoms with E-state index in [0.717, 1.165) is 30.4 Å². The van der Waals surface area contributed by atoms with Crippen LogP contribution in [0.3, 0.4) is 0 Å². The molecule has 4 heteroatoms. The molecule has 14 heavy (non-hydrogen) atoms. The molecule has 0 spiro atoms. The summed E-state index contributed by atoms with van der Waals surface area (Å²) >= 11 is 6.77. The molecule has 0 aromatic heterocycles. The summed E-state index contributed by atoms with van der Waals surface area (Å²) in [5.41, 5.74) is 0. The summed E-state index contributed by atoms with van der Waals surface area (Å²) in [6.07, 6.45) is 5.57. The molecule has 0 aliphatic heterocycles. The zero-order valence-electron chi connectivity index (χ0n) is 8.12. The van der Waals surface area contributed by atoms with Gasteiger partial charge in [0.15, 0.2) is 0 Å². The van der Waals surface area contributed by atoms with Crippen molar-refractivity contribution in [3.8, 4) is 0 Å². The van der Waals surface area contributed by atoms with Crippen molar-refractivity contribution in [2.45, 2.75) is 37.9 Å². The lowest BCUT2D eigenvalue weighted by atomic mass is 9.88. The molecule has 0 amide bonds. The highest BCUT2D eigenvalue weighted by Crippen LogP contribution is 2.28. The molecule has 0 saturated heterocycles. The number of rotatable bonds is 5. The fraction of sp³-hybridized carbons (Fsp3) is 0.900. The number of aldehydes is 1. The third-order valence-electron chi connectivity index (χ3n) is 2.62. The molecule has 1 fully saturated rings. The van der Waals surface area contributed by atoms with Crippen LogP contribution >= 0.6 is 31.9 Å². The highest BCUT2D eigenvalue weighted by molar-refractivity contribution is 9.09. The predicted octanol–water partition coefficient (Wildman–Crippen LogP) is 2.92. The second-order valence-corrected chi connectivity index (χ2v) is 5.07. The molecule has 2 nitrogen and oxygen atoms in total. The Bertz CT molecular complexity index is 176. The van der Waals surface area contributed by atoms with Gasteiger partial charge >= 0.3 is 0 Å². The molecule has 0 bridgehead atoms. The second-order valence-electron chi connectivity index (χ2n) is 3.77. The molecular weight excluding hydrogens is 312 g/mol. The van der Waals surface area contributed by atoms with Crippen LogP contribution in [0.5, 0.6) is 0 Å². The highest BCUT2D eigenvalue weighted by atomic mass is 79.9. The molecule has 1 aliphatic rings. The molecule has 0 radical (unpaired) electrons. The van der Waals surface area contributed by atoms with E-state index in [0.29, 0.717) is 5.33 Å². The fourth-order valence-corrected chi connectivity index (χ4v) is 2.75. The van der Waals surface area contributed by atoms with Gasteiger partial charge in [-0.25, -0.2) is 0 Å². The molecule has 0 aromatic rings. The summed E-state index contributed by atoms with van der Waals surface area (Å²) < 4.78 is 5.69. The Morgan fingerprint density at radius 1 is 1.43 bits per heavy atom. The van der Waals surface area contributed by atoms with Crippen LogP contribution < -0.4 is 0 Å². The van der Waals surface area contributed by atoms with E-state index < -0.39 is 0 Å². The van der Waals surface area contributed by atoms with E-state index in [1.165, 1.54) is 12.8 Å². The maximum Gasteiger partial charge on any atom is 0.149 e. The van der Waals surface area contributed by atoms with Crippen LogP contribution in [0.2, 0.25) is 0 Å². The van der Waals surface area contributed by atoms with Crippen molar-refractivity contribution in [3.05, 3.63) is 0 Å². The van der Waals surface area contributed by atoms with Crippen LogP contribution in [-0.2, 0) is 9.53 Å². The third kappa shape index (κ3) is 3.99. The molecule has 82 valence electrons. The van der Waals surface area contributed by atoms with Crippen molar-refractivity contribution < 1.29 is 9.53 Å². The first-order valence-corrected chi connectivity index (χ1v) is 7.27. The van der Waals surface area contributed by atoms with Gasteiger partial charge in [0, 0.05) is 10.7 Å². The molecule has 0 N–H and O–H groups in total. The van der Waals surface area contributed by atoms with Gasteiger partial charge in [0.1, 0.15) is 12.4 Å². The summed E-state index contributed by atoms with van der Waals surface area (Å²) in [5, 5.41) is 1.65. The van der Waals surface area contributed by atoms with Gasteiger partial charge in [-0.3, -0.25) is 0 Å². The van der Waals surface area contributed by atoms with E-state index >= 15 is 0 Å². The lowest BCUT2D eigenvalue weighted by Gasteiger charge is -2.29. The minimum absolute atomic E-state index is 0.269. The quantitative estimate of drug-likeness (QED) is 0.573. The first-order valence-electron chi connectivity index (χ1n) is 5.02. The predicted molar refractivity (Wildman–Crippen MR) is 64.3 cm³/mol. The maximum absolute atomic E-state index is 10.6. The Balaban J connectivity index is 2.32. The topological polar surface area (TPSA) is 26.3 Å². The minimum Gasteiger partial charge on any atom is -0.367 e. The first-order chi connectivity index (χ1) is 6.80. The van der Waals surface area contributed by atoms with Gasteiger partial charge < -0.3 is 9.53 Å². The van der Waals surface area contributed by atoms with Gasteiger partial charge in [0.25, 0.3) is 0 Å². The number of hydrogen-bond donors (Lipinski definition) is 0. The summed E-state index contributed by atoms with van der Waals surface area (Å²) in [4.78, 5) is 10.6. The largest absolute Gasteiger partial charge is 0.367 e. The Morgan fingerprint density at radius 3 is 2.79 bits per heavy atom. The van der Waals surface area contributed by atoms with Crippen molar-refractivity contribution >= 4 is 38.1 Å². The van der Waals surface area contributed by atoms with E-state index in [1.54, 1.807) is 0 Å². The lowest BCUT2D eigenvalue weighted by molar-refractivity contribution is -0.121. The number of halogens is 2. The van der Waals surface area contributed by atoms with Gasteiger partial charge in [-0.1, -0.05) is 38.3 Å². The molecular formula is C10H16Br2O2. The molecule has 1 rings (SSSR count). The van der Waals surface area contributed by atoms with E-state index in [9.17, 15) is 4.79 Å². The normalized spacial score (nSPS) is 29.9. The van der Waals surface area contributed by atoms with E-state index in [4.69, 9.17) is 4.74 Å². The molecule has 0 aromatic carbocycles. The van der Waals surface area contributed by atoms with Crippen molar-refractivity contribution in [2.24, 2.45) is 5.92 Å². The zero-order valence-corrected chi connectivity index (χ0v) is 11.3. The monoisotopic (exact) mass is 326 g/mol. The van der Waals surface area contributed by atoms with Crippen molar-refractivity contribution in [1.82, 2.24) is 0 Å². The number of hydrogen-bond acceptors (Lipinski definition) is 2. The number of ether oxygens (including phenoxy) is 1. The van der Waals surface area contributed by atoms with Crippen LogP contribution in [0.25, 0.3) is 0 Å². The van der Waals surface area contributed by atoms with E-state index in [1.807, 2.05) is 0 Å². The number of alkyl halides is 2. The van der Waals surface area contributed by atoms with Crippen molar-refractivity contribution in [3.63, 3.8) is 0 Å². The summed E-state index contributed by atoms with van der Waals surface area (Å²) in [5.74, 6) is 0.719. The third-order valence-corrected chi connectivity index (χ3v) is 4.18. The van der Waals surface area contributed by atoms with E-state index in [2.05, 4.69) is 31.9 Å². The SMILES string of the molecule is O=CC(CBr)OC1CCCC(CBr)C1. The summed E-state index contributed by atoms with van der Waals surface area (Å²) in [7, 11) is 0. The summed E-state index contributed by atoms with van der Waals surface area (Å²) in [6.45, 7) is 0. The molecule has 1 aliphatic carbocycles. The Morgan fingerprint density at radius 2 is 2.21 bits per heavy atom. The fourth-order valence-electron chi connectivity index (χ4n) is 1.86. The molecule has 3 atom stereocenters. The molecule has 3 unspecified atom stereocenters. The standard InChI is InChI=1S/C10H16Br2O2/c11-5-8-2-1-3-9(4-8)14-10(6-12)7-13/h7-10H,1-6H2. The summed E-state index contributed by atoms with van der Waals surface area (Å²) in [6, 6.07) is 0. The maximum atomic E-state index is 10.6. The molecule has 1 saturated carbocycles. The molecule has 0 heterocycles. The van der Waals surface area contributed by atoms with Crippen molar-refractivity contribution in [2.75, 3.05) is 10.7 Å². The van der Waals surface area contributed by atoms with Gasteiger partial charge in [-0.15, -0.1) is 0 Å². The van der Waals surface area contributed by atoms with Crippen LogP contribution in [-0.4, -0.2) is 29.2 Å². The first kappa shape index (κ1) is 12.7. The minimum atomic E-state index is -0.269. The van der Waals surface area contributed by atoms with E-state index in [-0.39, 0.29) is 12.2 Å². The second kappa shape index (κ2) is 6.96. The van der Waals surface area contributed by atoms with Gasteiger partial charge in [-0.2, -0.15) is 0 Å². The van der Waals surface area contributed by atoms with Crippen LogP contribution in [0, 0.1) is 5.92 Å². The zero-order chi connectivity index (χ0) is 10.4. The number of carbonyl (C=O) groups excluding carboxylic acids is 1. The van der Waals surface area contributed by atoms with Crippen LogP contribution in [0.4, 0.5) is 0 Å². The van der Waals surface area contributed by atoms with Crippen LogP contribution in [0.15, 0.2) is 0 Å². The van der Waals surface area contributed by atoms with Crippen molar-refractivity contribution in [1.29, 1.82) is 0 Å². The average Bonchev–Trinajstić information content (AvgIpc) is 2.26. The van der Waals surface area contributed by atoms with Crippen LogP contribution in [0.1, 0.15) is 25.7 Å². The Labute approximate surface area is 102 Å². The number of carbonyl (C=O) groups is 1. The highest BCUT2D eigenvalue weighted by Gasteiger charge is 2.23. The smallest absolute Gasteiger partial charge is 0.149 e. The Hall–Kier alpha value is 0.590. The lowest BCUT2D eigenvalue weighted by Crippen LogP contribution is -2.29. The average molecular weight is 328 g/mol. The van der Waals surface area contributed by atoms with Gasteiger partial charge in [-0.05, 0) is 25.2 Å². The Kier molecular flexibility index (Phi) is 6.29.